The zero-order valence-electron chi connectivity index (χ0n) is 33.6. The third-order valence-corrected chi connectivity index (χ3v) is 11.1. The molecule has 11 heteroatoms. The van der Waals surface area contributed by atoms with Crippen molar-refractivity contribution in [2.75, 3.05) is 46.2 Å². The summed E-state index contributed by atoms with van der Waals surface area (Å²) in [6, 6.07) is 0. The average molecular weight is 732 g/mol. The van der Waals surface area contributed by atoms with Crippen LogP contribution in [-0.4, -0.2) is 73.9 Å². The van der Waals surface area contributed by atoms with Crippen LogP contribution in [-0.2, 0) is 35.6 Å². The number of carbonyl (C=O) groups is 2. The summed E-state index contributed by atoms with van der Waals surface area (Å²) < 4.78 is 23.4. The van der Waals surface area contributed by atoms with Gasteiger partial charge in [-0.3, -0.25) is 9.59 Å². The molecule has 1 aromatic carbocycles. The summed E-state index contributed by atoms with van der Waals surface area (Å²) in [5, 5.41) is 24.1. The van der Waals surface area contributed by atoms with E-state index in [-0.39, 0.29) is 38.4 Å². The maximum Gasteiger partial charge on any atom is 0.314 e. The number of aliphatic carboxylic acids is 2. The Hall–Kier alpha value is -2.85. The number of fused-ring (bicyclic) bond motifs is 1. The van der Waals surface area contributed by atoms with Gasteiger partial charge in [0.05, 0.1) is 39.5 Å². The van der Waals surface area contributed by atoms with Crippen molar-refractivity contribution in [2.24, 2.45) is 22.9 Å². The van der Waals surface area contributed by atoms with Gasteiger partial charge in [0, 0.05) is 18.1 Å². The van der Waals surface area contributed by atoms with Gasteiger partial charge < -0.3 is 29.2 Å². The largest absolute Gasteiger partial charge is 0.487 e. The van der Waals surface area contributed by atoms with Crippen LogP contribution < -0.4 is 4.74 Å². The number of carboxylic acids is 2. The van der Waals surface area contributed by atoms with Crippen molar-refractivity contribution < 1.29 is 38.7 Å². The molecule has 11 nitrogen and oxygen atoms in total. The first-order valence-electron chi connectivity index (χ1n) is 19.7. The van der Waals surface area contributed by atoms with Gasteiger partial charge >= 0.3 is 11.9 Å². The van der Waals surface area contributed by atoms with Gasteiger partial charge in [0.2, 0.25) is 0 Å². The normalized spacial score (nSPS) is 17.9. The molecular formula is C41H69N3O8. The number of hydrogen-bond acceptors (Lipinski definition) is 7. The molecule has 1 heterocycles. The fourth-order valence-corrected chi connectivity index (χ4v) is 7.80. The van der Waals surface area contributed by atoms with Crippen LogP contribution in [0.3, 0.4) is 0 Å². The maximum atomic E-state index is 13.1. The topological polar surface area (TPSA) is 160 Å². The number of carboxylic acid groups (broad SMARTS) is 2. The third kappa shape index (κ3) is 14.5. The molecule has 0 spiro atoms. The van der Waals surface area contributed by atoms with Crippen LogP contribution in [0, 0.1) is 38.5 Å². The molecule has 1 unspecified atom stereocenters. The van der Waals surface area contributed by atoms with E-state index in [1.807, 2.05) is 20.8 Å². The minimum Gasteiger partial charge on any atom is -0.487 e. The van der Waals surface area contributed by atoms with Crippen molar-refractivity contribution in [2.45, 2.75) is 150 Å². The Bertz CT molecular complexity index is 1310. The minimum absolute atomic E-state index is 0.00483. The van der Waals surface area contributed by atoms with Crippen molar-refractivity contribution in [3.63, 3.8) is 0 Å². The van der Waals surface area contributed by atoms with Crippen molar-refractivity contribution in [1.29, 1.82) is 0 Å². The lowest BCUT2D eigenvalue weighted by molar-refractivity contribution is -0.151. The summed E-state index contributed by atoms with van der Waals surface area (Å²) in [7, 11) is 0. The fourth-order valence-electron chi connectivity index (χ4n) is 7.80. The van der Waals surface area contributed by atoms with Gasteiger partial charge in [0.25, 0.3) is 0 Å². The monoisotopic (exact) mass is 732 g/mol. The van der Waals surface area contributed by atoms with Crippen molar-refractivity contribution in [3.05, 3.63) is 38.3 Å². The Morgan fingerprint density at radius 3 is 1.96 bits per heavy atom. The lowest BCUT2D eigenvalue weighted by Gasteiger charge is -2.40. The van der Waals surface area contributed by atoms with Crippen LogP contribution in [0.15, 0.2) is 5.11 Å². The Morgan fingerprint density at radius 2 is 1.40 bits per heavy atom. The van der Waals surface area contributed by atoms with E-state index in [1.54, 1.807) is 0 Å². The second-order valence-electron chi connectivity index (χ2n) is 16.0. The van der Waals surface area contributed by atoms with E-state index in [0.29, 0.717) is 31.3 Å². The highest BCUT2D eigenvalue weighted by atomic mass is 16.5. The van der Waals surface area contributed by atoms with Gasteiger partial charge in [-0.2, -0.15) is 0 Å². The standard InChI is InChI=1S/C41H69N3O8/c1-29(2)12-9-13-30(3)14-10-15-31(4)16-11-18-40(8)19-17-35-34(7)37(32(5)33(6)38(35)52-40)41(39(47)48,28-36(45)46)20-22-49-24-26-51-27-25-50-23-21-43-44-42/h29-31H,9-28H2,1-8H3,(H,45,46)(H,47,48)/t30-,31-,40-,41?/m1/s1. The van der Waals surface area contributed by atoms with E-state index in [9.17, 15) is 19.8 Å². The highest BCUT2D eigenvalue weighted by Gasteiger charge is 2.46. The first-order valence-corrected chi connectivity index (χ1v) is 19.7. The molecule has 1 aliphatic heterocycles. The molecule has 0 fully saturated rings. The van der Waals surface area contributed by atoms with Gasteiger partial charge in [-0.1, -0.05) is 77.8 Å². The number of benzene rings is 1. The Kier molecular flexibility index (Phi) is 20.1. The average Bonchev–Trinajstić information content (AvgIpc) is 3.07. The van der Waals surface area contributed by atoms with E-state index in [2.05, 4.69) is 44.6 Å². The zero-order chi connectivity index (χ0) is 38.7. The van der Waals surface area contributed by atoms with Gasteiger partial charge in [0.1, 0.15) is 16.8 Å². The summed E-state index contributed by atoms with van der Waals surface area (Å²) >= 11 is 0. The van der Waals surface area contributed by atoms with E-state index in [4.69, 9.17) is 24.5 Å². The Morgan fingerprint density at radius 1 is 0.846 bits per heavy atom. The molecule has 52 heavy (non-hydrogen) atoms. The summed E-state index contributed by atoms with van der Waals surface area (Å²) in [6.07, 6.45) is 12.2. The molecule has 296 valence electrons. The summed E-state index contributed by atoms with van der Waals surface area (Å²) in [5.74, 6) is 0.774. The summed E-state index contributed by atoms with van der Waals surface area (Å²) in [4.78, 5) is 28.0. The van der Waals surface area contributed by atoms with Gasteiger partial charge in [0.15, 0.2) is 0 Å². The zero-order valence-corrected chi connectivity index (χ0v) is 33.6. The van der Waals surface area contributed by atoms with Crippen LogP contribution in [0.25, 0.3) is 10.4 Å². The minimum atomic E-state index is -1.66. The molecule has 2 rings (SSSR count). The predicted octanol–water partition coefficient (Wildman–Crippen LogP) is 9.68. The molecule has 0 saturated heterocycles. The van der Waals surface area contributed by atoms with Crippen LogP contribution in [0.1, 0.15) is 139 Å². The highest BCUT2D eigenvalue weighted by Crippen LogP contribution is 2.47. The SMILES string of the molecule is Cc1c(C)c(C(CCOCCOCCOCCN=[N+]=[N-])(CC(=O)O)C(=O)O)c(C)c2c1O[C@](C)(CCC[C@H](C)CCC[C@H](C)CCCC(C)C)CC2. The first kappa shape index (κ1) is 45.3. The molecule has 1 aliphatic rings. The molecule has 0 saturated carbocycles. The van der Waals surface area contributed by atoms with Crippen LogP contribution in [0.4, 0.5) is 0 Å². The van der Waals surface area contributed by atoms with E-state index < -0.39 is 23.8 Å². The van der Waals surface area contributed by atoms with Gasteiger partial charge in [-0.05, 0) is 111 Å². The third-order valence-electron chi connectivity index (χ3n) is 11.1. The highest BCUT2D eigenvalue weighted by molar-refractivity contribution is 5.88. The van der Waals surface area contributed by atoms with Gasteiger partial charge in [-0.15, -0.1) is 0 Å². The van der Waals surface area contributed by atoms with Gasteiger partial charge in [-0.25, -0.2) is 0 Å². The number of ether oxygens (including phenoxy) is 4. The van der Waals surface area contributed by atoms with E-state index in [1.165, 1.54) is 44.9 Å². The Labute approximate surface area is 313 Å². The maximum absolute atomic E-state index is 13.1. The first-order chi connectivity index (χ1) is 24.7. The smallest absolute Gasteiger partial charge is 0.314 e. The molecule has 2 N–H and O–H groups in total. The molecule has 0 aliphatic carbocycles. The molecule has 4 atom stereocenters. The molecule has 0 bridgehead atoms. The molecule has 0 aromatic heterocycles. The lowest BCUT2D eigenvalue weighted by atomic mass is 9.69. The second kappa shape index (κ2) is 23.0. The van der Waals surface area contributed by atoms with Crippen LogP contribution in [0.2, 0.25) is 0 Å². The number of rotatable bonds is 28. The van der Waals surface area contributed by atoms with E-state index >= 15 is 0 Å². The van der Waals surface area contributed by atoms with E-state index in [0.717, 1.165) is 65.5 Å². The molecule has 1 aromatic rings. The van der Waals surface area contributed by atoms with Crippen molar-refractivity contribution in [3.8, 4) is 5.75 Å². The predicted molar refractivity (Wildman–Crippen MR) is 205 cm³/mol. The molecular weight excluding hydrogens is 662 g/mol. The number of azide groups is 1. The van der Waals surface area contributed by atoms with Crippen molar-refractivity contribution in [1.82, 2.24) is 0 Å². The summed E-state index contributed by atoms with van der Waals surface area (Å²) in [5.41, 5.74) is 10.3. The fraction of sp³-hybridized carbons (Fsp3) is 0.805. The quantitative estimate of drug-likeness (QED) is 0.0373. The summed E-state index contributed by atoms with van der Waals surface area (Å²) in [6.45, 7) is 19.2. The molecule has 0 radical (unpaired) electrons. The van der Waals surface area contributed by atoms with Crippen LogP contribution >= 0.6 is 0 Å². The molecule has 0 amide bonds. The number of nitrogens with zero attached hydrogens (tertiary/aromatic N) is 3. The van der Waals surface area contributed by atoms with Crippen molar-refractivity contribution >= 4 is 11.9 Å². The van der Waals surface area contributed by atoms with Crippen LogP contribution in [0.5, 0.6) is 5.75 Å². The lowest BCUT2D eigenvalue weighted by Crippen LogP contribution is -2.42. The Balaban J connectivity index is 2.03. The second-order valence-corrected chi connectivity index (χ2v) is 16.0. The number of hydrogen-bond donors (Lipinski definition) is 2.